The summed E-state index contributed by atoms with van der Waals surface area (Å²) in [5.41, 5.74) is 6.87. The lowest BCUT2D eigenvalue weighted by atomic mass is 10.0. The normalized spacial score (nSPS) is 9.89. The molecule has 0 aliphatic heterocycles. The van der Waals surface area contributed by atoms with Gasteiger partial charge in [-0.1, -0.05) is 12.2 Å². The fourth-order valence-electron chi connectivity index (χ4n) is 1.53. The van der Waals surface area contributed by atoms with Gasteiger partial charge in [0, 0.05) is 44.9 Å². The van der Waals surface area contributed by atoms with Crippen LogP contribution in [0.15, 0.2) is 18.2 Å². The number of carbonyl (C=O) groups excluding carboxylic acids is 2. The number of hydrogen-bond donors (Lipinski definition) is 1. The minimum atomic E-state index is -0.203. The lowest BCUT2D eigenvalue weighted by Crippen LogP contribution is -2.25. The summed E-state index contributed by atoms with van der Waals surface area (Å²) in [7, 11) is 6.57. The molecule has 0 saturated heterocycles. The number of hydrogen-bond acceptors (Lipinski definition) is 3. The SMILES string of the molecule is CN(C)C(=O)c1cc(C(=O)N(C)C)cc(C(N)=S)c1. The Kier molecular flexibility index (Phi) is 4.61. The second-order valence-electron chi connectivity index (χ2n) is 4.56. The van der Waals surface area contributed by atoms with Crippen LogP contribution in [-0.4, -0.2) is 54.8 Å². The quantitative estimate of drug-likeness (QED) is 0.828. The van der Waals surface area contributed by atoms with Crippen LogP contribution < -0.4 is 5.73 Å². The highest BCUT2D eigenvalue weighted by Gasteiger charge is 2.16. The summed E-state index contributed by atoms with van der Waals surface area (Å²) in [5, 5.41) is 0. The molecule has 0 heterocycles. The molecule has 0 saturated carbocycles. The Labute approximate surface area is 118 Å². The molecule has 0 aliphatic rings. The molecule has 1 aromatic carbocycles. The van der Waals surface area contributed by atoms with Gasteiger partial charge in [0.25, 0.3) is 11.8 Å². The molecule has 0 atom stereocenters. The number of nitrogens with two attached hydrogens (primary N) is 1. The summed E-state index contributed by atoms with van der Waals surface area (Å²) >= 11 is 4.91. The van der Waals surface area contributed by atoms with E-state index in [0.717, 1.165) is 0 Å². The summed E-state index contributed by atoms with van der Waals surface area (Å²) < 4.78 is 0. The van der Waals surface area contributed by atoms with Crippen molar-refractivity contribution in [2.75, 3.05) is 28.2 Å². The Hall–Kier alpha value is -1.95. The summed E-state index contributed by atoms with van der Waals surface area (Å²) in [4.78, 5) is 27.0. The van der Waals surface area contributed by atoms with E-state index in [1.54, 1.807) is 46.4 Å². The first-order valence-electron chi connectivity index (χ1n) is 5.62. The average molecular weight is 279 g/mol. The molecule has 19 heavy (non-hydrogen) atoms. The summed E-state index contributed by atoms with van der Waals surface area (Å²) in [6.07, 6.45) is 0. The van der Waals surface area contributed by atoms with Crippen LogP contribution in [0.2, 0.25) is 0 Å². The van der Waals surface area contributed by atoms with Crippen LogP contribution in [0.5, 0.6) is 0 Å². The van der Waals surface area contributed by atoms with Gasteiger partial charge in [0.05, 0.1) is 0 Å². The third-order valence-corrected chi connectivity index (χ3v) is 2.76. The Morgan fingerprint density at radius 1 is 0.895 bits per heavy atom. The number of rotatable bonds is 3. The fraction of sp³-hybridized carbons (Fsp3) is 0.308. The van der Waals surface area contributed by atoms with Gasteiger partial charge in [0.15, 0.2) is 0 Å². The second-order valence-corrected chi connectivity index (χ2v) is 5.00. The van der Waals surface area contributed by atoms with Crippen LogP contribution in [0.3, 0.4) is 0 Å². The third kappa shape index (κ3) is 3.51. The van der Waals surface area contributed by atoms with Gasteiger partial charge in [-0.15, -0.1) is 0 Å². The summed E-state index contributed by atoms with van der Waals surface area (Å²) in [6.45, 7) is 0. The molecule has 0 spiro atoms. The van der Waals surface area contributed by atoms with Crippen molar-refractivity contribution in [2.45, 2.75) is 0 Å². The summed E-state index contributed by atoms with van der Waals surface area (Å²) in [6, 6.07) is 4.74. The van der Waals surface area contributed by atoms with Gasteiger partial charge in [-0.05, 0) is 18.2 Å². The predicted molar refractivity (Wildman–Crippen MR) is 78.4 cm³/mol. The molecule has 0 aromatic heterocycles. The van der Waals surface area contributed by atoms with Crippen molar-refractivity contribution in [1.82, 2.24) is 9.80 Å². The number of benzene rings is 1. The molecule has 1 rings (SSSR count). The zero-order valence-corrected chi connectivity index (χ0v) is 12.2. The maximum Gasteiger partial charge on any atom is 0.253 e. The van der Waals surface area contributed by atoms with Crippen molar-refractivity contribution in [3.8, 4) is 0 Å². The van der Waals surface area contributed by atoms with E-state index >= 15 is 0 Å². The molecule has 102 valence electrons. The van der Waals surface area contributed by atoms with E-state index in [9.17, 15) is 9.59 Å². The van der Waals surface area contributed by atoms with Crippen molar-refractivity contribution in [1.29, 1.82) is 0 Å². The van der Waals surface area contributed by atoms with E-state index in [-0.39, 0.29) is 16.8 Å². The van der Waals surface area contributed by atoms with Crippen LogP contribution >= 0.6 is 12.2 Å². The van der Waals surface area contributed by atoms with E-state index in [0.29, 0.717) is 16.7 Å². The van der Waals surface area contributed by atoms with Crippen molar-refractivity contribution in [3.05, 3.63) is 34.9 Å². The highest BCUT2D eigenvalue weighted by Crippen LogP contribution is 2.13. The van der Waals surface area contributed by atoms with E-state index in [2.05, 4.69) is 0 Å². The van der Waals surface area contributed by atoms with E-state index < -0.39 is 0 Å². The average Bonchev–Trinajstić information content (AvgIpc) is 2.35. The van der Waals surface area contributed by atoms with Crippen molar-refractivity contribution < 1.29 is 9.59 Å². The van der Waals surface area contributed by atoms with Crippen LogP contribution in [0, 0.1) is 0 Å². The minimum absolute atomic E-state index is 0.154. The molecule has 0 unspecified atom stereocenters. The van der Waals surface area contributed by atoms with Gasteiger partial charge >= 0.3 is 0 Å². The molecule has 0 bridgehead atoms. The van der Waals surface area contributed by atoms with E-state index in [1.807, 2.05) is 0 Å². The van der Waals surface area contributed by atoms with Gasteiger partial charge < -0.3 is 15.5 Å². The highest BCUT2D eigenvalue weighted by molar-refractivity contribution is 7.80. The molecule has 1 aromatic rings. The Balaban J connectivity index is 3.38. The lowest BCUT2D eigenvalue weighted by molar-refractivity contribution is 0.0826. The zero-order chi connectivity index (χ0) is 14.7. The first kappa shape index (κ1) is 15.1. The predicted octanol–water partition coefficient (Wildman–Crippen LogP) is 0.724. The molecule has 2 amide bonds. The van der Waals surface area contributed by atoms with Crippen molar-refractivity contribution in [2.24, 2.45) is 5.73 Å². The molecule has 0 fully saturated rings. The molecule has 2 N–H and O–H groups in total. The molecular weight excluding hydrogens is 262 g/mol. The van der Waals surface area contributed by atoms with Crippen molar-refractivity contribution >= 4 is 29.0 Å². The second kappa shape index (κ2) is 5.79. The Morgan fingerprint density at radius 3 is 1.47 bits per heavy atom. The van der Waals surface area contributed by atoms with Gasteiger partial charge in [-0.3, -0.25) is 9.59 Å². The number of amides is 2. The Bertz CT molecular complexity index is 500. The highest BCUT2D eigenvalue weighted by atomic mass is 32.1. The van der Waals surface area contributed by atoms with Gasteiger partial charge in [0.2, 0.25) is 0 Å². The smallest absolute Gasteiger partial charge is 0.253 e. The topological polar surface area (TPSA) is 66.6 Å². The van der Waals surface area contributed by atoms with Gasteiger partial charge in [-0.2, -0.15) is 0 Å². The van der Waals surface area contributed by atoms with Gasteiger partial charge in [0.1, 0.15) is 4.99 Å². The monoisotopic (exact) mass is 279 g/mol. The number of thiocarbonyl (C=S) groups is 1. The maximum atomic E-state index is 12.0. The van der Waals surface area contributed by atoms with E-state index in [1.165, 1.54) is 9.80 Å². The molecular formula is C13H17N3O2S. The van der Waals surface area contributed by atoms with Crippen LogP contribution in [0.1, 0.15) is 26.3 Å². The number of nitrogens with zero attached hydrogens (tertiary/aromatic N) is 2. The van der Waals surface area contributed by atoms with Crippen molar-refractivity contribution in [3.63, 3.8) is 0 Å². The maximum absolute atomic E-state index is 12.0. The van der Waals surface area contributed by atoms with Crippen LogP contribution in [-0.2, 0) is 0 Å². The molecule has 0 radical (unpaired) electrons. The molecule has 5 nitrogen and oxygen atoms in total. The molecule has 6 heteroatoms. The summed E-state index contributed by atoms with van der Waals surface area (Å²) in [5.74, 6) is -0.406. The Morgan fingerprint density at radius 2 is 1.21 bits per heavy atom. The third-order valence-electron chi connectivity index (χ3n) is 2.52. The number of carbonyl (C=O) groups is 2. The minimum Gasteiger partial charge on any atom is -0.389 e. The van der Waals surface area contributed by atoms with Crippen LogP contribution in [0.25, 0.3) is 0 Å². The fourth-order valence-corrected chi connectivity index (χ4v) is 1.65. The first-order chi connectivity index (χ1) is 8.73. The van der Waals surface area contributed by atoms with E-state index in [4.69, 9.17) is 18.0 Å². The van der Waals surface area contributed by atoms with Gasteiger partial charge in [-0.25, -0.2) is 0 Å². The zero-order valence-electron chi connectivity index (χ0n) is 11.4. The molecule has 0 aliphatic carbocycles. The lowest BCUT2D eigenvalue weighted by Gasteiger charge is -2.15. The first-order valence-corrected chi connectivity index (χ1v) is 6.03. The largest absolute Gasteiger partial charge is 0.389 e. The standard InChI is InChI=1S/C13H17N3O2S/c1-15(2)12(17)9-5-8(11(14)19)6-10(7-9)13(18)16(3)4/h5-7H,1-4H3,(H2,14,19). The van der Waals surface area contributed by atoms with Crippen LogP contribution in [0.4, 0.5) is 0 Å².